The topological polar surface area (TPSA) is 0 Å². The van der Waals surface area contributed by atoms with Gasteiger partial charge in [-0.15, -0.1) is 63.1 Å². The molecule has 7 heteroatoms. The van der Waals surface area contributed by atoms with E-state index in [1.807, 2.05) is 13.8 Å². The van der Waals surface area contributed by atoms with E-state index >= 15 is 0 Å². The van der Waals surface area contributed by atoms with Gasteiger partial charge in [0.05, 0.1) is 0 Å². The van der Waals surface area contributed by atoms with Gasteiger partial charge in [-0.05, 0) is 77.8 Å². The summed E-state index contributed by atoms with van der Waals surface area (Å²) in [5.74, 6) is 0.292. The third-order valence-electron chi connectivity index (χ3n) is 6.13. The molecule has 30 heavy (non-hydrogen) atoms. The van der Waals surface area contributed by atoms with Crippen molar-refractivity contribution in [3.8, 4) is 11.1 Å². The van der Waals surface area contributed by atoms with Gasteiger partial charge in [0.15, 0.2) is 0 Å². The Hall–Kier alpha value is -0.200. The van der Waals surface area contributed by atoms with Crippen LogP contribution in [0.5, 0.6) is 0 Å². The van der Waals surface area contributed by atoms with E-state index in [0.29, 0.717) is 21.2 Å². The normalized spacial score (nSPS) is 11.7. The monoisotopic (exact) mass is 482 g/mol. The number of hydrogen-bond donors (Lipinski definition) is 5. The lowest BCUT2D eigenvalue weighted by molar-refractivity contribution is 0.862. The second-order valence-corrected chi connectivity index (χ2v) is 10.4. The van der Waals surface area contributed by atoms with Gasteiger partial charge in [-0.1, -0.05) is 24.8 Å². The summed E-state index contributed by atoms with van der Waals surface area (Å²) in [5, 5.41) is 1.95. The van der Waals surface area contributed by atoms with E-state index in [4.69, 9.17) is 53.6 Å². The van der Waals surface area contributed by atoms with Crippen molar-refractivity contribution in [2.75, 3.05) is 0 Å². The smallest absolute Gasteiger partial charge is 0.115 e. The molecule has 0 aromatic heterocycles. The van der Waals surface area contributed by atoms with Gasteiger partial charge in [0, 0.05) is 30.0 Å². The van der Waals surface area contributed by atoms with Crippen LogP contribution >= 0.6 is 63.1 Å². The van der Waals surface area contributed by atoms with E-state index < -0.39 is 0 Å². The number of thiol groups is 5. The molecule has 0 aliphatic carbocycles. The van der Waals surface area contributed by atoms with Crippen molar-refractivity contribution in [3.05, 3.63) is 27.8 Å². The molecule has 0 aliphatic rings. The van der Waals surface area contributed by atoms with Crippen molar-refractivity contribution < 1.29 is 0 Å². The average Bonchev–Trinajstić information content (AvgIpc) is 2.68. The van der Waals surface area contributed by atoms with Crippen LogP contribution in [0.25, 0.3) is 21.9 Å². The van der Waals surface area contributed by atoms with Crippen LogP contribution in [0.2, 0.25) is 0 Å². The molecular formula is C23H24B2S5. The summed E-state index contributed by atoms with van der Waals surface area (Å²) in [6.45, 7) is 12.6. The second kappa shape index (κ2) is 8.62. The molecule has 0 saturated carbocycles. The summed E-state index contributed by atoms with van der Waals surface area (Å²) < 4.78 is 0. The molecule has 3 rings (SSSR count). The minimum atomic E-state index is 0.292. The van der Waals surface area contributed by atoms with E-state index in [9.17, 15) is 0 Å². The molecule has 0 bridgehead atoms. The first kappa shape index (κ1) is 24.4. The molecular weight excluding hydrogens is 458 g/mol. The Morgan fingerprint density at radius 2 is 1.07 bits per heavy atom. The molecule has 0 saturated heterocycles. The Morgan fingerprint density at radius 3 is 1.60 bits per heavy atom. The molecule has 152 valence electrons. The van der Waals surface area contributed by atoms with Crippen molar-refractivity contribution in [2.45, 2.75) is 71.9 Å². The van der Waals surface area contributed by atoms with Crippen molar-refractivity contribution in [1.29, 1.82) is 0 Å². The van der Waals surface area contributed by atoms with E-state index in [1.165, 1.54) is 5.56 Å². The minimum Gasteiger partial charge on any atom is -0.143 e. The summed E-state index contributed by atoms with van der Waals surface area (Å²) >= 11 is 23.6. The third kappa shape index (κ3) is 3.48. The molecule has 0 N–H and O–H groups in total. The Morgan fingerprint density at radius 1 is 0.533 bits per heavy atom. The van der Waals surface area contributed by atoms with Crippen LogP contribution in [-0.4, -0.2) is 15.7 Å². The maximum atomic E-state index is 6.77. The van der Waals surface area contributed by atoms with E-state index in [0.717, 1.165) is 64.3 Å². The fourth-order valence-electron chi connectivity index (χ4n) is 4.37. The highest BCUT2D eigenvalue weighted by atomic mass is 32.1. The number of benzene rings is 3. The van der Waals surface area contributed by atoms with Crippen molar-refractivity contribution >= 4 is 101 Å². The maximum Gasteiger partial charge on any atom is 0.115 e. The van der Waals surface area contributed by atoms with Crippen LogP contribution in [0, 0.1) is 27.7 Å². The zero-order chi connectivity index (χ0) is 22.8. The van der Waals surface area contributed by atoms with Crippen LogP contribution in [0.3, 0.4) is 0 Å². The summed E-state index contributed by atoms with van der Waals surface area (Å²) in [5.41, 5.74) is 8.56. The van der Waals surface area contributed by atoms with Gasteiger partial charge in [0.25, 0.3) is 0 Å². The van der Waals surface area contributed by atoms with E-state index in [2.05, 4.69) is 53.0 Å². The van der Waals surface area contributed by atoms with Gasteiger partial charge in [-0.2, -0.15) is 0 Å². The van der Waals surface area contributed by atoms with Crippen molar-refractivity contribution in [3.63, 3.8) is 0 Å². The highest BCUT2D eigenvalue weighted by molar-refractivity contribution is 7.86. The number of hydrogen-bond acceptors (Lipinski definition) is 5. The van der Waals surface area contributed by atoms with E-state index in [-0.39, 0.29) is 0 Å². The molecule has 3 aromatic rings. The Bertz CT molecular complexity index is 1200. The highest BCUT2D eigenvalue weighted by Crippen LogP contribution is 2.45. The molecule has 3 aromatic carbocycles. The lowest BCUT2D eigenvalue weighted by atomic mass is 9.72. The lowest BCUT2D eigenvalue weighted by Crippen LogP contribution is -2.22. The lowest BCUT2D eigenvalue weighted by Gasteiger charge is -2.27. The Balaban J connectivity index is 2.73. The van der Waals surface area contributed by atoms with Crippen LogP contribution in [0.15, 0.2) is 24.5 Å². The fourth-order valence-corrected chi connectivity index (χ4v) is 6.02. The van der Waals surface area contributed by atoms with Crippen molar-refractivity contribution in [2.24, 2.45) is 0 Å². The fraction of sp³-hybridized carbons (Fsp3) is 0.304. The first-order valence-corrected chi connectivity index (χ1v) is 11.9. The second-order valence-electron chi connectivity index (χ2n) is 8.14. The van der Waals surface area contributed by atoms with Crippen LogP contribution in [0.1, 0.15) is 47.6 Å². The van der Waals surface area contributed by atoms with E-state index in [1.54, 1.807) is 0 Å². The molecule has 0 atom stereocenters. The standard InChI is InChI=1S/C23H24B2S5/c1-7(2)12-8(3)9(4)13-15(17(24)11(6)19(26)16(13)18(12)25)14-10(5)20(27)22(29)23(30)21(14)28/h7,26-30H,1-6H3. The predicted molar refractivity (Wildman–Crippen MR) is 149 cm³/mol. The highest BCUT2D eigenvalue weighted by Gasteiger charge is 2.25. The third-order valence-corrected chi connectivity index (χ3v) is 9.12. The van der Waals surface area contributed by atoms with Gasteiger partial charge in [0.1, 0.15) is 15.7 Å². The summed E-state index contributed by atoms with van der Waals surface area (Å²) in [4.78, 5) is 3.68. The van der Waals surface area contributed by atoms with Gasteiger partial charge in [-0.25, -0.2) is 0 Å². The van der Waals surface area contributed by atoms with Gasteiger partial charge < -0.3 is 0 Å². The molecule has 0 heterocycles. The first-order valence-electron chi connectivity index (χ1n) is 9.64. The Labute approximate surface area is 210 Å². The molecule has 0 unspecified atom stereocenters. The van der Waals surface area contributed by atoms with Crippen LogP contribution in [-0.2, 0) is 0 Å². The first-order chi connectivity index (χ1) is 13.8. The van der Waals surface area contributed by atoms with Crippen LogP contribution < -0.4 is 10.9 Å². The molecule has 0 amide bonds. The quantitative estimate of drug-likeness (QED) is 0.218. The molecule has 0 spiro atoms. The van der Waals surface area contributed by atoms with Gasteiger partial charge in [0.2, 0.25) is 0 Å². The zero-order valence-corrected chi connectivity index (χ0v) is 22.4. The minimum absolute atomic E-state index is 0.292. The zero-order valence-electron chi connectivity index (χ0n) is 18.0. The summed E-state index contributed by atoms with van der Waals surface area (Å²) in [6, 6.07) is 0. The molecule has 0 aliphatic heterocycles. The van der Waals surface area contributed by atoms with Gasteiger partial charge >= 0.3 is 0 Å². The molecule has 4 radical (unpaired) electrons. The summed E-state index contributed by atoms with van der Waals surface area (Å²) in [7, 11) is 13.5. The van der Waals surface area contributed by atoms with Crippen LogP contribution in [0.4, 0.5) is 0 Å². The number of rotatable bonds is 2. The van der Waals surface area contributed by atoms with Crippen molar-refractivity contribution in [1.82, 2.24) is 0 Å². The number of aryl methyl sites for hydroxylation is 1. The van der Waals surface area contributed by atoms with Gasteiger partial charge in [-0.3, -0.25) is 0 Å². The molecule has 0 nitrogen and oxygen atoms in total. The predicted octanol–water partition coefficient (Wildman–Crippen LogP) is 5.89. The SMILES string of the molecule is [B]c1c(C)c(S)c2c([B])c(C(C)C)c(C)c(C)c2c1-c1c(C)c(S)c(S)c(S)c1S. The largest absolute Gasteiger partial charge is 0.143 e. The molecule has 0 fully saturated rings. The Kier molecular flexibility index (Phi) is 7.03. The maximum absolute atomic E-state index is 6.77. The average molecular weight is 482 g/mol. The summed E-state index contributed by atoms with van der Waals surface area (Å²) in [6.07, 6.45) is 0. The number of fused-ring (bicyclic) bond motifs is 1.